The molecule has 0 spiro atoms. The van der Waals surface area contributed by atoms with E-state index in [1.165, 1.54) is 7.11 Å². The highest BCUT2D eigenvalue weighted by Gasteiger charge is 2.23. The smallest absolute Gasteiger partial charge is 0.323 e. The highest BCUT2D eigenvalue weighted by atomic mass is 16.5. The van der Waals surface area contributed by atoms with Gasteiger partial charge in [0.25, 0.3) is 0 Å². The van der Waals surface area contributed by atoms with Gasteiger partial charge in [-0.15, -0.1) is 0 Å². The van der Waals surface area contributed by atoms with Crippen LogP contribution in [0.2, 0.25) is 0 Å². The Balaban J connectivity index is 2.50. The van der Waals surface area contributed by atoms with Gasteiger partial charge >= 0.3 is 5.97 Å². The Morgan fingerprint density at radius 2 is 1.86 bits per heavy atom. The van der Waals surface area contributed by atoms with Crippen LogP contribution in [0.5, 0.6) is 0 Å². The number of hydrogen-bond acceptors (Lipinski definition) is 4. The molecule has 0 bridgehead atoms. The van der Waals surface area contributed by atoms with Crippen LogP contribution in [0.1, 0.15) is 19.4 Å². The summed E-state index contributed by atoms with van der Waals surface area (Å²) in [5.74, 6) is -0.346. The topological polar surface area (TPSA) is 58.6 Å². The summed E-state index contributed by atoms with van der Waals surface area (Å²) in [5.41, 5.74) is 1.07. The van der Waals surface area contributed by atoms with Gasteiger partial charge in [-0.25, -0.2) is 0 Å². The van der Waals surface area contributed by atoms with E-state index in [0.717, 1.165) is 5.56 Å². The van der Waals surface area contributed by atoms with Crippen molar-refractivity contribution in [3.05, 3.63) is 35.9 Å². The number of carbonyl (C=O) groups is 2. The van der Waals surface area contributed by atoms with Crippen LogP contribution in [0.3, 0.4) is 0 Å². The summed E-state index contributed by atoms with van der Waals surface area (Å²) in [4.78, 5) is 25.3. The molecule has 0 aromatic heterocycles. The average molecular weight is 292 g/mol. The van der Waals surface area contributed by atoms with E-state index in [-0.39, 0.29) is 24.3 Å². The summed E-state index contributed by atoms with van der Waals surface area (Å²) < 4.78 is 4.74. The molecular weight excluding hydrogens is 268 g/mol. The molecule has 0 heterocycles. The number of benzene rings is 1. The number of likely N-dealkylation sites (N-methyl/N-ethyl adjacent to an activating group) is 1. The Hall–Kier alpha value is -1.88. The van der Waals surface area contributed by atoms with Crippen molar-refractivity contribution in [3.63, 3.8) is 0 Å². The highest BCUT2D eigenvalue weighted by Crippen LogP contribution is 2.05. The van der Waals surface area contributed by atoms with Crippen LogP contribution >= 0.6 is 0 Å². The van der Waals surface area contributed by atoms with E-state index in [4.69, 9.17) is 4.74 Å². The minimum atomic E-state index is -0.468. The first-order valence-corrected chi connectivity index (χ1v) is 7.04. The summed E-state index contributed by atoms with van der Waals surface area (Å²) in [5, 5.41) is 2.97. The predicted octanol–water partition coefficient (Wildman–Crippen LogP) is 1.43. The fourth-order valence-corrected chi connectivity index (χ4v) is 2.00. The van der Waals surface area contributed by atoms with Crippen LogP contribution in [-0.4, -0.2) is 43.5 Å². The van der Waals surface area contributed by atoms with Crippen molar-refractivity contribution < 1.29 is 14.3 Å². The molecule has 116 valence electrons. The molecule has 0 saturated heterocycles. The van der Waals surface area contributed by atoms with Crippen molar-refractivity contribution in [2.45, 2.75) is 26.4 Å². The maximum atomic E-state index is 12.1. The number of carbonyl (C=O) groups excluding carboxylic acids is 2. The van der Waals surface area contributed by atoms with E-state index in [1.807, 2.05) is 44.2 Å². The fourth-order valence-electron chi connectivity index (χ4n) is 2.00. The molecule has 0 fully saturated rings. The number of rotatable bonds is 7. The number of nitrogens with one attached hydrogen (secondary N) is 1. The van der Waals surface area contributed by atoms with Gasteiger partial charge in [0.05, 0.1) is 13.7 Å². The minimum absolute atomic E-state index is 0.0599. The van der Waals surface area contributed by atoms with Crippen molar-refractivity contribution >= 4 is 11.9 Å². The molecule has 1 aromatic rings. The van der Waals surface area contributed by atoms with E-state index < -0.39 is 6.04 Å². The van der Waals surface area contributed by atoms with E-state index >= 15 is 0 Å². The normalized spacial score (nSPS) is 12.0. The summed E-state index contributed by atoms with van der Waals surface area (Å²) in [6.07, 6.45) is 0. The van der Waals surface area contributed by atoms with Crippen LogP contribution in [0, 0.1) is 5.92 Å². The monoisotopic (exact) mass is 292 g/mol. The molecule has 1 unspecified atom stereocenters. The van der Waals surface area contributed by atoms with Crippen LogP contribution in [0.15, 0.2) is 30.3 Å². The van der Waals surface area contributed by atoms with Gasteiger partial charge in [0.1, 0.15) is 6.04 Å². The molecule has 5 heteroatoms. The zero-order chi connectivity index (χ0) is 15.8. The zero-order valence-corrected chi connectivity index (χ0v) is 13.1. The van der Waals surface area contributed by atoms with Gasteiger partial charge in [-0.1, -0.05) is 44.2 Å². The van der Waals surface area contributed by atoms with Crippen LogP contribution in [0.4, 0.5) is 0 Å². The number of nitrogens with zero attached hydrogens (tertiary/aromatic N) is 1. The Kier molecular flexibility index (Phi) is 6.88. The van der Waals surface area contributed by atoms with Gasteiger partial charge in [0, 0.05) is 13.6 Å². The van der Waals surface area contributed by atoms with Gasteiger partial charge < -0.3 is 9.64 Å². The second-order valence-corrected chi connectivity index (χ2v) is 5.36. The summed E-state index contributed by atoms with van der Waals surface area (Å²) in [6.45, 7) is 4.48. The lowest BCUT2D eigenvalue weighted by molar-refractivity contribution is -0.144. The molecule has 1 rings (SSSR count). The maximum Gasteiger partial charge on any atom is 0.323 e. The van der Waals surface area contributed by atoms with Crippen molar-refractivity contribution in [3.8, 4) is 0 Å². The Morgan fingerprint density at radius 1 is 1.24 bits per heavy atom. The third-order valence-electron chi connectivity index (χ3n) is 3.28. The number of hydrogen-bond donors (Lipinski definition) is 1. The predicted molar refractivity (Wildman–Crippen MR) is 81.6 cm³/mol. The SMILES string of the molecule is COC(=O)C(NCC(=O)N(C)Cc1ccccc1)C(C)C. The van der Waals surface area contributed by atoms with E-state index in [1.54, 1.807) is 11.9 Å². The standard InChI is InChI=1S/C16H24N2O3/c1-12(2)15(16(20)21-4)17-10-14(19)18(3)11-13-8-6-5-7-9-13/h5-9,12,15,17H,10-11H2,1-4H3. The molecule has 0 aliphatic carbocycles. The summed E-state index contributed by atoms with van der Waals surface area (Å²) in [7, 11) is 3.10. The molecule has 21 heavy (non-hydrogen) atoms. The zero-order valence-electron chi connectivity index (χ0n) is 13.1. The maximum absolute atomic E-state index is 12.1. The highest BCUT2D eigenvalue weighted by molar-refractivity contribution is 5.80. The Bertz CT molecular complexity index is 460. The molecule has 1 atom stereocenters. The van der Waals surface area contributed by atoms with Crippen LogP contribution in [0.25, 0.3) is 0 Å². The van der Waals surface area contributed by atoms with E-state index in [9.17, 15) is 9.59 Å². The van der Waals surface area contributed by atoms with Crippen molar-refractivity contribution in [2.75, 3.05) is 20.7 Å². The summed E-state index contributed by atoms with van der Waals surface area (Å²) >= 11 is 0. The number of esters is 1. The molecule has 0 saturated carbocycles. The van der Waals surface area contributed by atoms with Gasteiger partial charge in [-0.05, 0) is 11.5 Å². The molecular formula is C16H24N2O3. The van der Waals surface area contributed by atoms with Crippen LogP contribution in [-0.2, 0) is 20.9 Å². The average Bonchev–Trinajstić information content (AvgIpc) is 2.47. The lowest BCUT2D eigenvalue weighted by atomic mass is 10.0. The van der Waals surface area contributed by atoms with E-state index in [0.29, 0.717) is 6.54 Å². The van der Waals surface area contributed by atoms with Crippen molar-refractivity contribution in [2.24, 2.45) is 5.92 Å². The van der Waals surface area contributed by atoms with Crippen LogP contribution < -0.4 is 5.32 Å². The third-order valence-corrected chi connectivity index (χ3v) is 3.28. The van der Waals surface area contributed by atoms with Gasteiger partial charge in [0.2, 0.25) is 5.91 Å². The minimum Gasteiger partial charge on any atom is -0.468 e. The first-order valence-electron chi connectivity index (χ1n) is 7.04. The van der Waals surface area contributed by atoms with Gasteiger partial charge in [-0.3, -0.25) is 14.9 Å². The fraction of sp³-hybridized carbons (Fsp3) is 0.500. The largest absolute Gasteiger partial charge is 0.468 e. The van der Waals surface area contributed by atoms with Gasteiger partial charge in [-0.2, -0.15) is 0 Å². The lowest BCUT2D eigenvalue weighted by Crippen LogP contribution is -2.46. The third kappa shape index (κ3) is 5.55. The second-order valence-electron chi connectivity index (χ2n) is 5.36. The molecule has 1 N–H and O–H groups in total. The Morgan fingerprint density at radius 3 is 2.38 bits per heavy atom. The molecule has 0 radical (unpaired) electrons. The lowest BCUT2D eigenvalue weighted by Gasteiger charge is -2.22. The molecule has 5 nitrogen and oxygen atoms in total. The second kappa shape index (κ2) is 8.42. The summed E-state index contributed by atoms with van der Waals surface area (Å²) in [6, 6.07) is 9.31. The number of ether oxygens (including phenoxy) is 1. The number of methoxy groups -OCH3 is 1. The molecule has 1 aromatic carbocycles. The quantitative estimate of drug-likeness (QED) is 0.772. The first kappa shape index (κ1) is 17.2. The number of amides is 1. The van der Waals surface area contributed by atoms with Crippen molar-refractivity contribution in [1.82, 2.24) is 10.2 Å². The van der Waals surface area contributed by atoms with E-state index in [2.05, 4.69) is 5.32 Å². The van der Waals surface area contributed by atoms with Crippen molar-refractivity contribution in [1.29, 1.82) is 0 Å². The molecule has 0 aliphatic heterocycles. The first-order chi connectivity index (χ1) is 9.95. The Labute approximate surface area is 126 Å². The van der Waals surface area contributed by atoms with Gasteiger partial charge in [0.15, 0.2) is 0 Å². The molecule has 1 amide bonds. The molecule has 0 aliphatic rings.